The molecule has 13 heavy (non-hydrogen) atoms. The average Bonchev–Trinajstić information content (AvgIpc) is 2.13. The Morgan fingerprint density at radius 1 is 1.54 bits per heavy atom. The summed E-state index contributed by atoms with van der Waals surface area (Å²) in [6, 6.07) is 0. The summed E-state index contributed by atoms with van der Waals surface area (Å²) in [7, 11) is 0. The van der Waals surface area contributed by atoms with E-state index in [9.17, 15) is 18.0 Å². The van der Waals surface area contributed by atoms with Crippen LogP contribution >= 0.6 is 0 Å². The van der Waals surface area contributed by atoms with Gasteiger partial charge < -0.3 is 5.11 Å². The molecule has 2 nitrogen and oxygen atoms in total. The second kappa shape index (κ2) is 3.64. The maximum absolute atomic E-state index is 12.8. The number of halogens is 3. The van der Waals surface area contributed by atoms with Gasteiger partial charge in [0, 0.05) is 6.08 Å². The Morgan fingerprint density at radius 3 is 2.69 bits per heavy atom. The quantitative estimate of drug-likeness (QED) is 0.691. The zero-order valence-corrected chi connectivity index (χ0v) is 6.56. The number of carbonyl (C=O) groups is 1. The van der Waals surface area contributed by atoms with E-state index in [0.717, 1.165) is 0 Å². The van der Waals surface area contributed by atoms with Crippen molar-refractivity contribution in [1.82, 2.24) is 0 Å². The molecule has 1 atom stereocenters. The lowest BCUT2D eigenvalue weighted by Gasteiger charge is -2.01. The average molecular weight is 192 g/mol. The van der Waals surface area contributed by atoms with Gasteiger partial charge in [-0.2, -0.15) is 0 Å². The Morgan fingerprint density at radius 2 is 2.15 bits per heavy atom. The Hall–Kier alpha value is -1.26. The molecule has 0 radical (unpaired) electrons. The third kappa shape index (κ3) is 2.11. The Kier molecular flexibility index (Phi) is 2.75. The van der Waals surface area contributed by atoms with Gasteiger partial charge in [-0.15, -0.1) is 0 Å². The largest absolute Gasteiger partial charge is 0.478 e. The Bertz CT molecular complexity index is 294. The van der Waals surface area contributed by atoms with Crippen molar-refractivity contribution in [3.05, 3.63) is 23.3 Å². The van der Waals surface area contributed by atoms with Crippen LogP contribution in [0.4, 0.5) is 13.2 Å². The molecule has 0 aliphatic heterocycles. The van der Waals surface area contributed by atoms with Crippen LogP contribution in [0.1, 0.15) is 12.8 Å². The van der Waals surface area contributed by atoms with Crippen LogP contribution in [0.5, 0.6) is 0 Å². The maximum Gasteiger partial charge on any atom is 0.334 e. The Labute approximate surface area is 72.4 Å². The summed E-state index contributed by atoms with van der Waals surface area (Å²) in [4.78, 5) is 10.4. The predicted molar refractivity (Wildman–Crippen MR) is 39.1 cm³/mol. The van der Waals surface area contributed by atoms with Crippen LogP contribution in [0.25, 0.3) is 0 Å². The standard InChI is InChI=1S/C8H7F3O2/c9-5-2-1-4(8(12)13)6(10)3-7(5)11/h3,5H,1-2H2,(H,12,13). The van der Waals surface area contributed by atoms with Crippen molar-refractivity contribution in [2.24, 2.45) is 0 Å². The number of allylic oxidation sites excluding steroid dienone is 3. The van der Waals surface area contributed by atoms with Gasteiger partial charge >= 0.3 is 5.97 Å². The summed E-state index contributed by atoms with van der Waals surface area (Å²) >= 11 is 0. The summed E-state index contributed by atoms with van der Waals surface area (Å²) in [6.07, 6.45) is -2.24. The van der Waals surface area contributed by atoms with Crippen LogP contribution in [-0.4, -0.2) is 17.2 Å². The molecule has 5 heteroatoms. The molecule has 1 N–H and O–H groups in total. The second-order valence-electron chi connectivity index (χ2n) is 2.67. The summed E-state index contributed by atoms with van der Waals surface area (Å²) in [5.41, 5.74) is -0.574. The molecular weight excluding hydrogens is 185 g/mol. The lowest BCUT2D eigenvalue weighted by Crippen LogP contribution is -2.04. The van der Waals surface area contributed by atoms with E-state index < -0.39 is 29.4 Å². The van der Waals surface area contributed by atoms with Gasteiger partial charge in [0.05, 0.1) is 5.57 Å². The molecular formula is C8H7F3O2. The van der Waals surface area contributed by atoms with Crippen LogP contribution in [0.3, 0.4) is 0 Å². The number of carboxylic acid groups (broad SMARTS) is 1. The number of aliphatic carboxylic acids is 1. The zero-order chi connectivity index (χ0) is 10.0. The fourth-order valence-electron chi connectivity index (χ4n) is 1.04. The zero-order valence-electron chi connectivity index (χ0n) is 6.56. The van der Waals surface area contributed by atoms with E-state index in [1.807, 2.05) is 0 Å². The van der Waals surface area contributed by atoms with Crippen molar-refractivity contribution in [2.75, 3.05) is 0 Å². The molecule has 0 fully saturated rings. The minimum atomic E-state index is -1.90. The van der Waals surface area contributed by atoms with E-state index in [2.05, 4.69) is 0 Å². The molecule has 0 aromatic heterocycles. The first-order valence-electron chi connectivity index (χ1n) is 3.65. The highest BCUT2D eigenvalue weighted by Gasteiger charge is 2.23. The first kappa shape index (κ1) is 9.83. The summed E-state index contributed by atoms with van der Waals surface area (Å²) in [6.45, 7) is 0. The van der Waals surface area contributed by atoms with E-state index in [1.54, 1.807) is 0 Å². The molecule has 0 aromatic carbocycles. The van der Waals surface area contributed by atoms with Gasteiger partial charge in [-0.3, -0.25) is 0 Å². The molecule has 0 spiro atoms. The minimum absolute atomic E-state index is 0.293. The summed E-state index contributed by atoms with van der Waals surface area (Å²) in [5.74, 6) is -3.94. The minimum Gasteiger partial charge on any atom is -0.478 e. The molecule has 72 valence electrons. The van der Waals surface area contributed by atoms with Gasteiger partial charge in [0.1, 0.15) is 11.7 Å². The first-order chi connectivity index (χ1) is 6.02. The number of hydrogen-bond donors (Lipinski definition) is 1. The summed E-state index contributed by atoms with van der Waals surface area (Å²) < 4.78 is 38.0. The van der Waals surface area contributed by atoms with Crippen molar-refractivity contribution in [1.29, 1.82) is 0 Å². The van der Waals surface area contributed by atoms with E-state index in [4.69, 9.17) is 5.11 Å². The molecule has 0 heterocycles. The molecule has 0 bridgehead atoms. The van der Waals surface area contributed by atoms with Gasteiger partial charge in [-0.05, 0) is 12.8 Å². The van der Waals surface area contributed by atoms with E-state index in [-0.39, 0.29) is 12.8 Å². The fraction of sp³-hybridized carbons (Fsp3) is 0.375. The number of rotatable bonds is 1. The van der Waals surface area contributed by atoms with Crippen LogP contribution in [0.2, 0.25) is 0 Å². The fourth-order valence-corrected chi connectivity index (χ4v) is 1.04. The van der Waals surface area contributed by atoms with Crippen LogP contribution in [-0.2, 0) is 4.79 Å². The third-order valence-corrected chi connectivity index (χ3v) is 1.76. The molecule has 1 unspecified atom stereocenters. The molecule has 1 aliphatic rings. The lowest BCUT2D eigenvalue weighted by atomic mass is 10.1. The van der Waals surface area contributed by atoms with Crippen molar-refractivity contribution >= 4 is 5.97 Å². The predicted octanol–water partition coefficient (Wildman–Crippen LogP) is 2.28. The molecule has 0 saturated carbocycles. The van der Waals surface area contributed by atoms with E-state index >= 15 is 0 Å². The Balaban J connectivity index is 3.00. The molecule has 0 saturated heterocycles. The highest BCUT2D eigenvalue weighted by molar-refractivity contribution is 5.87. The molecule has 0 amide bonds. The topological polar surface area (TPSA) is 37.3 Å². The molecule has 1 aliphatic carbocycles. The smallest absolute Gasteiger partial charge is 0.334 e. The van der Waals surface area contributed by atoms with Crippen molar-refractivity contribution in [3.63, 3.8) is 0 Å². The second-order valence-corrected chi connectivity index (χ2v) is 2.67. The highest BCUT2D eigenvalue weighted by atomic mass is 19.2. The maximum atomic E-state index is 12.8. The number of hydrogen-bond acceptors (Lipinski definition) is 1. The van der Waals surface area contributed by atoms with Gasteiger partial charge in [-0.1, -0.05) is 0 Å². The molecule has 1 rings (SSSR count). The molecule has 0 aromatic rings. The third-order valence-electron chi connectivity index (χ3n) is 1.76. The van der Waals surface area contributed by atoms with Crippen molar-refractivity contribution in [3.8, 4) is 0 Å². The van der Waals surface area contributed by atoms with E-state index in [1.165, 1.54) is 0 Å². The lowest BCUT2D eigenvalue weighted by molar-refractivity contribution is -0.132. The van der Waals surface area contributed by atoms with Gasteiger partial charge in [0.15, 0.2) is 6.17 Å². The van der Waals surface area contributed by atoms with Crippen molar-refractivity contribution < 1.29 is 23.1 Å². The summed E-state index contributed by atoms with van der Waals surface area (Å²) in [5, 5.41) is 8.43. The van der Waals surface area contributed by atoms with Crippen LogP contribution < -0.4 is 0 Å². The van der Waals surface area contributed by atoms with Gasteiger partial charge in [-0.25, -0.2) is 18.0 Å². The van der Waals surface area contributed by atoms with Crippen LogP contribution in [0.15, 0.2) is 23.3 Å². The normalized spacial score (nSPS) is 23.9. The monoisotopic (exact) mass is 192 g/mol. The number of alkyl halides is 1. The van der Waals surface area contributed by atoms with Crippen LogP contribution in [0, 0.1) is 0 Å². The highest BCUT2D eigenvalue weighted by Crippen LogP contribution is 2.26. The first-order valence-corrected chi connectivity index (χ1v) is 3.65. The van der Waals surface area contributed by atoms with Crippen molar-refractivity contribution in [2.45, 2.75) is 19.0 Å². The van der Waals surface area contributed by atoms with Gasteiger partial charge in [0.2, 0.25) is 0 Å². The van der Waals surface area contributed by atoms with E-state index in [0.29, 0.717) is 6.08 Å². The van der Waals surface area contributed by atoms with Gasteiger partial charge in [0.25, 0.3) is 0 Å². The number of carboxylic acids is 1. The SMILES string of the molecule is O=C(O)C1=C(F)C=C(F)C(F)CC1.